The molecule has 7 heteroatoms. The van der Waals surface area contributed by atoms with E-state index in [-0.39, 0.29) is 0 Å². The summed E-state index contributed by atoms with van der Waals surface area (Å²) >= 11 is 0. The van der Waals surface area contributed by atoms with Crippen LogP contribution in [0.5, 0.6) is 0 Å². The Labute approximate surface area is 268 Å². The van der Waals surface area contributed by atoms with Crippen molar-refractivity contribution in [3.63, 3.8) is 0 Å². The van der Waals surface area contributed by atoms with Gasteiger partial charge in [-0.1, -0.05) is 115 Å². The highest BCUT2D eigenvalue weighted by atomic mass is 16.7. The van der Waals surface area contributed by atoms with Crippen molar-refractivity contribution in [1.82, 2.24) is 5.32 Å². The molecule has 0 spiro atoms. The van der Waals surface area contributed by atoms with E-state index >= 15 is 0 Å². The lowest BCUT2D eigenvalue weighted by Gasteiger charge is -2.32. The summed E-state index contributed by atoms with van der Waals surface area (Å²) in [5, 5.41) is 5.54. The lowest BCUT2D eigenvalue weighted by molar-refractivity contribution is 0.00578. The van der Waals surface area contributed by atoms with E-state index in [1.165, 1.54) is 5.56 Å². The molecule has 6 nitrogen and oxygen atoms in total. The third-order valence-corrected chi connectivity index (χ3v) is 9.39. The maximum atomic E-state index is 6.54. The Bertz CT molecular complexity index is 2120. The monoisotopic (exact) mass is 603 g/mol. The second kappa shape index (κ2) is 10.8. The summed E-state index contributed by atoms with van der Waals surface area (Å²) in [5.41, 5.74) is 6.64. The van der Waals surface area contributed by atoms with Gasteiger partial charge in [0.15, 0.2) is 6.17 Å². The highest BCUT2D eigenvalue weighted by Gasteiger charge is 2.52. The third kappa shape index (κ3) is 4.93. The molecular formula is C39H34BN3O3. The second-order valence-corrected chi connectivity index (χ2v) is 12.9. The van der Waals surface area contributed by atoms with Gasteiger partial charge in [0, 0.05) is 27.5 Å². The first-order valence-corrected chi connectivity index (χ1v) is 15.7. The minimum absolute atomic E-state index is 0.476. The molecular weight excluding hydrogens is 569 g/mol. The van der Waals surface area contributed by atoms with Gasteiger partial charge in [0.2, 0.25) is 0 Å². The van der Waals surface area contributed by atoms with Crippen LogP contribution < -0.4 is 10.8 Å². The standard InChI is InChI=1S/C39H34BN3O3/c1-38(2)39(3,4)46-40(45-38)29-23-31-30-17-11-12-18-33(30)44-34(31)32(24-29)37-42-35(27-15-9-6-10-16-27)41-36(43-37)28-21-19-26(20-22-28)25-13-7-5-8-14-25/h5-24,37H,1-4H3,(H,41,42,43). The number of rotatable bonds is 5. The second-order valence-electron chi connectivity index (χ2n) is 12.9. The molecule has 1 unspecified atom stereocenters. The van der Waals surface area contributed by atoms with Crippen LogP contribution >= 0.6 is 0 Å². The molecule has 0 radical (unpaired) electrons. The Balaban J connectivity index is 1.29. The van der Waals surface area contributed by atoms with Crippen molar-refractivity contribution in [2.45, 2.75) is 45.1 Å². The van der Waals surface area contributed by atoms with Gasteiger partial charge in [-0.2, -0.15) is 0 Å². The molecule has 46 heavy (non-hydrogen) atoms. The number of benzene rings is 5. The van der Waals surface area contributed by atoms with Crippen molar-refractivity contribution in [3.05, 3.63) is 138 Å². The number of aliphatic imine (C=N–C) groups is 2. The maximum Gasteiger partial charge on any atom is 0.494 e. The van der Waals surface area contributed by atoms with E-state index in [1.54, 1.807) is 0 Å². The van der Waals surface area contributed by atoms with Gasteiger partial charge in [-0.3, -0.25) is 0 Å². The number of hydrogen-bond acceptors (Lipinski definition) is 6. The topological polar surface area (TPSA) is 68.3 Å². The number of para-hydroxylation sites is 1. The van der Waals surface area contributed by atoms with Gasteiger partial charge in [0.1, 0.15) is 22.8 Å². The van der Waals surface area contributed by atoms with E-state index in [2.05, 4.69) is 112 Å². The Hall–Kier alpha value is -4.98. The zero-order valence-electron chi connectivity index (χ0n) is 26.3. The summed E-state index contributed by atoms with van der Waals surface area (Å²) in [4.78, 5) is 10.4. The Kier molecular flexibility index (Phi) is 6.71. The van der Waals surface area contributed by atoms with Crippen molar-refractivity contribution < 1.29 is 13.7 Å². The highest BCUT2D eigenvalue weighted by molar-refractivity contribution is 6.62. The van der Waals surface area contributed by atoms with Crippen molar-refractivity contribution >= 4 is 46.2 Å². The van der Waals surface area contributed by atoms with Crippen LogP contribution in [0.3, 0.4) is 0 Å². The van der Waals surface area contributed by atoms with E-state index in [0.29, 0.717) is 0 Å². The van der Waals surface area contributed by atoms with Gasteiger partial charge in [-0.05, 0) is 50.4 Å². The first kappa shape index (κ1) is 28.5. The Morgan fingerprint density at radius 3 is 1.76 bits per heavy atom. The van der Waals surface area contributed by atoms with Crippen LogP contribution in [-0.4, -0.2) is 30.0 Å². The fourth-order valence-electron chi connectivity index (χ4n) is 6.11. The average molecular weight is 604 g/mol. The number of hydrogen-bond donors (Lipinski definition) is 1. The van der Waals surface area contributed by atoms with Crippen molar-refractivity contribution in [2.24, 2.45) is 9.98 Å². The molecule has 0 aliphatic carbocycles. The van der Waals surface area contributed by atoms with Crippen molar-refractivity contribution in [3.8, 4) is 11.1 Å². The molecule has 8 rings (SSSR count). The molecule has 226 valence electrons. The van der Waals surface area contributed by atoms with Crippen LogP contribution in [0.4, 0.5) is 0 Å². The van der Waals surface area contributed by atoms with Crippen molar-refractivity contribution in [2.75, 3.05) is 0 Å². The number of furan rings is 1. The molecule has 0 bridgehead atoms. The quantitative estimate of drug-likeness (QED) is 0.203. The number of amidine groups is 2. The van der Waals surface area contributed by atoms with Crippen LogP contribution in [0.1, 0.15) is 50.6 Å². The summed E-state index contributed by atoms with van der Waals surface area (Å²) in [6, 6.07) is 41.3. The van der Waals surface area contributed by atoms with E-state index in [0.717, 1.165) is 61.3 Å². The largest absolute Gasteiger partial charge is 0.494 e. The normalized spacial score (nSPS) is 18.8. The highest BCUT2D eigenvalue weighted by Crippen LogP contribution is 2.39. The molecule has 5 aromatic carbocycles. The summed E-state index contributed by atoms with van der Waals surface area (Å²) in [5.74, 6) is 1.48. The SMILES string of the molecule is CC1(C)OB(c2cc(C3N=C(c4ccccc4)NC(c4ccc(-c5ccccc5)cc4)=N3)c3oc4ccccc4c3c2)OC1(C)C. The van der Waals surface area contributed by atoms with Gasteiger partial charge in [-0.25, -0.2) is 9.98 Å². The maximum absolute atomic E-state index is 6.54. The molecule has 0 saturated carbocycles. The van der Waals surface area contributed by atoms with Gasteiger partial charge in [-0.15, -0.1) is 0 Å². The molecule has 1 atom stereocenters. The Morgan fingerprint density at radius 2 is 1.11 bits per heavy atom. The van der Waals surface area contributed by atoms with Crippen LogP contribution in [0, 0.1) is 0 Å². The van der Waals surface area contributed by atoms with Gasteiger partial charge >= 0.3 is 7.12 Å². The summed E-state index contributed by atoms with van der Waals surface area (Å²) in [6.45, 7) is 8.29. The molecule has 2 aliphatic rings. The molecule has 1 fully saturated rings. The summed E-state index contributed by atoms with van der Waals surface area (Å²) < 4.78 is 19.6. The zero-order chi connectivity index (χ0) is 31.5. The molecule has 1 aromatic heterocycles. The first-order chi connectivity index (χ1) is 22.3. The summed E-state index contributed by atoms with van der Waals surface area (Å²) in [7, 11) is -0.546. The molecule has 1 N–H and O–H groups in total. The van der Waals surface area contributed by atoms with Crippen molar-refractivity contribution in [1.29, 1.82) is 0 Å². The molecule has 1 saturated heterocycles. The van der Waals surface area contributed by atoms with Gasteiger partial charge in [0.25, 0.3) is 0 Å². The predicted octanol–water partition coefficient (Wildman–Crippen LogP) is 8.05. The number of nitrogens with one attached hydrogen (secondary N) is 1. The molecule has 0 amide bonds. The van der Waals surface area contributed by atoms with E-state index in [1.807, 2.05) is 42.5 Å². The van der Waals surface area contributed by atoms with Gasteiger partial charge in [0.05, 0.1) is 11.2 Å². The predicted molar refractivity (Wildman–Crippen MR) is 187 cm³/mol. The van der Waals surface area contributed by atoms with Crippen LogP contribution in [-0.2, 0) is 9.31 Å². The first-order valence-electron chi connectivity index (χ1n) is 15.7. The third-order valence-electron chi connectivity index (χ3n) is 9.39. The lowest BCUT2D eigenvalue weighted by atomic mass is 9.77. The van der Waals surface area contributed by atoms with E-state index < -0.39 is 24.5 Å². The fraction of sp³-hybridized carbons (Fsp3) is 0.179. The zero-order valence-corrected chi connectivity index (χ0v) is 26.3. The Morgan fingerprint density at radius 1 is 0.587 bits per heavy atom. The summed E-state index contributed by atoms with van der Waals surface area (Å²) in [6.07, 6.45) is -0.578. The molecule has 6 aromatic rings. The van der Waals surface area contributed by atoms with Crippen LogP contribution in [0.25, 0.3) is 33.1 Å². The molecule has 3 heterocycles. The fourth-order valence-corrected chi connectivity index (χ4v) is 6.11. The number of fused-ring (bicyclic) bond motifs is 3. The van der Waals surface area contributed by atoms with Crippen LogP contribution in [0.2, 0.25) is 0 Å². The minimum atomic E-state index is -0.578. The molecule has 2 aliphatic heterocycles. The lowest BCUT2D eigenvalue weighted by Crippen LogP contribution is -2.41. The van der Waals surface area contributed by atoms with Gasteiger partial charge < -0.3 is 19.0 Å². The van der Waals surface area contributed by atoms with E-state index in [4.69, 9.17) is 23.7 Å². The smallest absolute Gasteiger partial charge is 0.456 e. The average Bonchev–Trinajstić information content (AvgIpc) is 3.57. The van der Waals surface area contributed by atoms with E-state index in [9.17, 15) is 0 Å². The minimum Gasteiger partial charge on any atom is -0.456 e. The number of nitrogens with zero attached hydrogens (tertiary/aromatic N) is 2. The van der Waals surface area contributed by atoms with Crippen LogP contribution in [0.15, 0.2) is 136 Å².